The maximum atomic E-state index is 10.5. The van der Waals surface area contributed by atoms with E-state index in [-0.39, 0.29) is 11.6 Å². The number of nitrogens with zero attached hydrogens (tertiary/aromatic N) is 3. The molecule has 0 spiro atoms. The van der Waals surface area contributed by atoms with Gasteiger partial charge in [0.05, 0.1) is 4.92 Å². The average Bonchev–Trinajstić information content (AvgIpc) is 2.79. The molecule has 1 aromatic heterocycles. The van der Waals surface area contributed by atoms with Gasteiger partial charge in [0.25, 0.3) is 0 Å². The summed E-state index contributed by atoms with van der Waals surface area (Å²) in [6.07, 6.45) is 2.73. The third-order valence-electron chi connectivity index (χ3n) is 2.66. The van der Waals surface area contributed by atoms with Crippen molar-refractivity contribution in [3.05, 3.63) is 58.4 Å². The van der Waals surface area contributed by atoms with Crippen LogP contribution >= 0.6 is 0 Å². The molecule has 0 radical (unpaired) electrons. The number of rotatable bonds is 4. The van der Waals surface area contributed by atoms with E-state index in [1.807, 2.05) is 30.3 Å². The number of benzene rings is 1. The minimum atomic E-state index is -0.434. The van der Waals surface area contributed by atoms with Crippen LogP contribution in [0.15, 0.2) is 42.7 Å². The minimum absolute atomic E-state index is 0.0326. The van der Waals surface area contributed by atoms with Crippen LogP contribution in [0.4, 0.5) is 5.69 Å². The van der Waals surface area contributed by atoms with E-state index in [1.165, 1.54) is 18.0 Å². The van der Waals surface area contributed by atoms with Gasteiger partial charge < -0.3 is 0 Å². The zero-order chi connectivity index (χ0) is 12.3. The first kappa shape index (κ1) is 11.3. The van der Waals surface area contributed by atoms with Crippen LogP contribution in [0.25, 0.3) is 0 Å². The van der Waals surface area contributed by atoms with Gasteiger partial charge in [0.1, 0.15) is 12.4 Å². The average molecular weight is 231 g/mol. The summed E-state index contributed by atoms with van der Waals surface area (Å²) in [7, 11) is 0. The predicted octanol–water partition coefficient (Wildman–Crippen LogP) is 2.60. The molecular formula is C12H13N3O2. The van der Waals surface area contributed by atoms with Crippen LogP contribution < -0.4 is 0 Å². The molecule has 1 unspecified atom stereocenters. The molecular weight excluding hydrogens is 218 g/mol. The fourth-order valence-corrected chi connectivity index (χ4v) is 1.71. The molecule has 1 atom stereocenters. The van der Waals surface area contributed by atoms with Crippen molar-refractivity contribution in [1.82, 2.24) is 9.78 Å². The number of hydrogen-bond acceptors (Lipinski definition) is 3. The molecule has 1 heterocycles. The smallest absolute Gasteiger partial charge is 0.265 e. The van der Waals surface area contributed by atoms with Crippen molar-refractivity contribution in [3.8, 4) is 0 Å². The zero-order valence-corrected chi connectivity index (χ0v) is 9.48. The Morgan fingerprint density at radius 2 is 2.12 bits per heavy atom. The van der Waals surface area contributed by atoms with Crippen LogP contribution in [0.2, 0.25) is 0 Å². The van der Waals surface area contributed by atoms with Gasteiger partial charge in [-0.25, -0.2) is 0 Å². The van der Waals surface area contributed by atoms with Crippen LogP contribution in [0.1, 0.15) is 18.4 Å². The van der Waals surface area contributed by atoms with E-state index in [2.05, 4.69) is 12.0 Å². The highest BCUT2D eigenvalue weighted by Crippen LogP contribution is 2.17. The summed E-state index contributed by atoms with van der Waals surface area (Å²) in [4.78, 5) is 10.1. The molecule has 0 aliphatic rings. The molecule has 0 N–H and O–H groups in total. The Labute approximate surface area is 98.8 Å². The van der Waals surface area contributed by atoms with E-state index in [4.69, 9.17) is 0 Å². The Balaban J connectivity index is 2.08. The minimum Gasteiger partial charge on any atom is -0.265 e. The Morgan fingerprint density at radius 3 is 2.71 bits per heavy atom. The molecule has 1 aromatic carbocycles. The summed E-state index contributed by atoms with van der Waals surface area (Å²) in [5.41, 5.74) is 1.23. The lowest BCUT2D eigenvalue weighted by molar-refractivity contribution is -0.385. The summed E-state index contributed by atoms with van der Waals surface area (Å²) in [6.45, 7) is 2.71. The molecule has 0 saturated carbocycles. The molecule has 17 heavy (non-hydrogen) atoms. The number of nitro groups is 1. The molecule has 88 valence electrons. The molecule has 0 aliphatic carbocycles. The molecule has 2 rings (SSSR count). The predicted molar refractivity (Wildman–Crippen MR) is 63.7 cm³/mol. The Bertz CT molecular complexity index is 507. The Kier molecular flexibility index (Phi) is 3.18. The molecule has 0 bridgehead atoms. The normalized spacial score (nSPS) is 12.3. The van der Waals surface area contributed by atoms with Crippen molar-refractivity contribution in [2.45, 2.75) is 19.4 Å². The maximum absolute atomic E-state index is 10.5. The summed E-state index contributed by atoms with van der Waals surface area (Å²) < 4.78 is 1.61. The lowest BCUT2D eigenvalue weighted by Crippen LogP contribution is -2.06. The molecule has 0 saturated heterocycles. The van der Waals surface area contributed by atoms with E-state index in [0.717, 1.165) is 0 Å². The molecule has 0 fully saturated rings. The van der Waals surface area contributed by atoms with Gasteiger partial charge in [-0.2, -0.15) is 5.10 Å². The third-order valence-corrected chi connectivity index (χ3v) is 2.66. The van der Waals surface area contributed by atoms with Gasteiger partial charge in [0.15, 0.2) is 0 Å². The number of hydrogen-bond donors (Lipinski definition) is 0. The van der Waals surface area contributed by atoms with Crippen molar-refractivity contribution in [2.24, 2.45) is 0 Å². The van der Waals surface area contributed by atoms with Crippen LogP contribution in [-0.2, 0) is 6.54 Å². The molecule has 0 aliphatic heterocycles. The van der Waals surface area contributed by atoms with Crippen molar-refractivity contribution in [3.63, 3.8) is 0 Å². The maximum Gasteiger partial charge on any atom is 0.306 e. The van der Waals surface area contributed by atoms with Gasteiger partial charge in [-0.15, -0.1) is 0 Å². The van der Waals surface area contributed by atoms with Gasteiger partial charge in [0.2, 0.25) is 0 Å². The SMILES string of the molecule is CC(Cn1cc([N+](=O)[O-])cn1)c1ccccc1. The largest absolute Gasteiger partial charge is 0.306 e. The Morgan fingerprint density at radius 1 is 1.41 bits per heavy atom. The molecule has 0 amide bonds. The highest BCUT2D eigenvalue weighted by atomic mass is 16.6. The highest BCUT2D eigenvalue weighted by Gasteiger charge is 2.11. The van der Waals surface area contributed by atoms with Crippen LogP contribution in [0.3, 0.4) is 0 Å². The summed E-state index contributed by atoms with van der Waals surface area (Å²) in [5.74, 6) is 0.274. The lowest BCUT2D eigenvalue weighted by Gasteiger charge is -2.11. The third kappa shape index (κ3) is 2.69. The van der Waals surface area contributed by atoms with E-state index in [1.54, 1.807) is 4.68 Å². The van der Waals surface area contributed by atoms with Gasteiger partial charge in [-0.05, 0) is 5.56 Å². The standard InChI is InChI=1S/C12H13N3O2/c1-10(11-5-3-2-4-6-11)8-14-9-12(7-13-14)15(16)17/h2-7,9-10H,8H2,1H3. The summed E-state index contributed by atoms with van der Waals surface area (Å²) in [5, 5.41) is 14.5. The van der Waals surface area contributed by atoms with E-state index < -0.39 is 4.92 Å². The summed E-state index contributed by atoms with van der Waals surface area (Å²) >= 11 is 0. The van der Waals surface area contributed by atoms with E-state index in [9.17, 15) is 10.1 Å². The second-order valence-corrected chi connectivity index (χ2v) is 3.99. The van der Waals surface area contributed by atoms with Gasteiger partial charge in [-0.1, -0.05) is 37.3 Å². The molecule has 2 aromatic rings. The van der Waals surface area contributed by atoms with Crippen molar-refractivity contribution in [1.29, 1.82) is 0 Å². The first-order valence-corrected chi connectivity index (χ1v) is 5.38. The zero-order valence-electron chi connectivity index (χ0n) is 9.48. The first-order chi connectivity index (χ1) is 8.16. The second kappa shape index (κ2) is 4.78. The molecule has 5 nitrogen and oxygen atoms in total. The Hall–Kier alpha value is -2.17. The topological polar surface area (TPSA) is 61.0 Å². The van der Waals surface area contributed by atoms with Gasteiger partial charge >= 0.3 is 5.69 Å². The van der Waals surface area contributed by atoms with Crippen LogP contribution in [-0.4, -0.2) is 14.7 Å². The fourth-order valence-electron chi connectivity index (χ4n) is 1.71. The van der Waals surface area contributed by atoms with Crippen molar-refractivity contribution in [2.75, 3.05) is 0 Å². The van der Waals surface area contributed by atoms with Crippen LogP contribution in [0, 0.1) is 10.1 Å². The van der Waals surface area contributed by atoms with E-state index >= 15 is 0 Å². The van der Waals surface area contributed by atoms with Crippen LogP contribution in [0.5, 0.6) is 0 Å². The first-order valence-electron chi connectivity index (χ1n) is 5.38. The van der Waals surface area contributed by atoms with Gasteiger partial charge in [0, 0.05) is 12.5 Å². The summed E-state index contributed by atoms with van der Waals surface area (Å²) in [6, 6.07) is 10.0. The van der Waals surface area contributed by atoms with Crippen molar-refractivity contribution < 1.29 is 4.92 Å². The van der Waals surface area contributed by atoms with Gasteiger partial charge in [-0.3, -0.25) is 14.8 Å². The lowest BCUT2D eigenvalue weighted by atomic mass is 10.0. The second-order valence-electron chi connectivity index (χ2n) is 3.99. The highest BCUT2D eigenvalue weighted by molar-refractivity contribution is 5.22. The van der Waals surface area contributed by atoms with E-state index in [0.29, 0.717) is 6.54 Å². The fraction of sp³-hybridized carbons (Fsp3) is 0.250. The quantitative estimate of drug-likeness (QED) is 0.600. The van der Waals surface area contributed by atoms with Crippen molar-refractivity contribution >= 4 is 5.69 Å². The monoisotopic (exact) mass is 231 g/mol. The number of aromatic nitrogens is 2. The molecule has 5 heteroatoms.